The predicted octanol–water partition coefficient (Wildman–Crippen LogP) is 3.96. The van der Waals surface area contributed by atoms with Gasteiger partial charge in [-0.15, -0.1) is 0 Å². The molecule has 146 valence electrons. The van der Waals surface area contributed by atoms with Gasteiger partial charge in [0.1, 0.15) is 0 Å². The third kappa shape index (κ3) is 4.19. The molecule has 2 aromatic carbocycles. The number of benzene rings is 2. The van der Waals surface area contributed by atoms with Crippen LogP contribution in [0.1, 0.15) is 27.9 Å². The number of aryl methyl sites for hydroxylation is 2. The third-order valence-electron chi connectivity index (χ3n) is 5.33. The number of nitrogens with one attached hydrogen (secondary N) is 1. The van der Waals surface area contributed by atoms with Crippen LogP contribution in [0.15, 0.2) is 67.3 Å². The molecule has 4 rings (SSSR count). The third-order valence-corrected chi connectivity index (χ3v) is 5.33. The minimum atomic E-state index is 0.00529. The highest BCUT2D eigenvalue weighted by Gasteiger charge is 2.13. The molecule has 0 spiro atoms. The summed E-state index contributed by atoms with van der Waals surface area (Å²) in [5.41, 5.74) is 6.30. The SMILES string of the molecule is Cc1nc2ccccc2c(C)c1CC(=O)NCc1ccccc1Cn1ccnc1. The van der Waals surface area contributed by atoms with Gasteiger partial charge < -0.3 is 9.88 Å². The molecule has 2 aromatic heterocycles. The number of fused-ring (bicyclic) bond motifs is 1. The van der Waals surface area contributed by atoms with Crippen molar-refractivity contribution in [3.05, 3.63) is 95.2 Å². The number of amides is 1. The summed E-state index contributed by atoms with van der Waals surface area (Å²) in [6.07, 6.45) is 5.84. The molecule has 5 heteroatoms. The number of hydrogen-bond acceptors (Lipinski definition) is 3. The van der Waals surface area contributed by atoms with Crippen molar-refractivity contribution in [2.75, 3.05) is 0 Å². The molecule has 0 fully saturated rings. The second-order valence-corrected chi connectivity index (χ2v) is 7.28. The molecule has 0 saturated heterocycles. The van der Waals surface area contributed by atoms with Gasteiger partial charge in [0.15, 0.2) is 0 Å². The molecule has 5 nitrogen and oxygen atoms in total. The molecule has 0 bridgehead atoms. The lowest BCUT2D eigenvalue weighted by Gasteiger charge is -2.14. The highest BCUT2D eigenvalue weighted by molar-refractivity contribution is 5.86. The highest BCUT2D eigenvalue weighted by atomic mass is 16.1. The molecule has 4 aromatic rings. The van der Waals surface area contributed by atoms with Crippen LogP contribution in [0.25, 0.3) is 10.9 Å². The van der Waals surface area contributed by atoms with E-state index in [9.17, 15) is 4.79 Å². The van der Waals surface area contributed by atoms with Gasteiger partial charge in [-0.25, -0.2) is 4.98 Å². The van der Waals surface area contributed by atoms with E-state index < -0.39 is 0 Å². The highest BCUT2D eigenvalue weighted by Crippen LogP contribution is 2.23. The van der Waals surface area contributed by atoms with Crippen LogP contribution >= 0.6 is 0 Å². The lowest BCUT2D eigenvalue weighted by atomic mass is 9.99. The maximum absolute atomic E-state index is 12.7. The average Bonchev–Trinajstić information content (AvgIpc) is 3.23. The Morgan fingerprint density at radius 2 is 1.79 bits per heavy atom. The van der Waals surface area contributed by atoms with Crippen molar-refractivity contribution in [2.24, 2.45) is 0 Å². The second kappa shape index (κ2) is 8.27. The van der Waals surface area contributed by atoms with Crippen molar-refractivity contribution in [1.29, 1.82) is 0 Å². The van der Waals surface area contributed by atoms with Crippen molar-refractivity contribution in [1.82, 2.24) is 19.9 Å². The Kier molecular flexibility index (Phi) is 5.38. The summed E-state index contributed by atoms with van der Waals surface area (Å²) in [6.45, 7) is 5.28. The molecule has 0 unspecified atom stereocenters. The summed E-state index contributed by atoms with van der Waals surface area (Å²) < 4.78 is 2.02. The fourth-order valence-electron chi connectivity index (χ4n) is 3.71. The summed E-state index contributed by atoms with van der Waals surface area (Å²) in [6, 6.07) is 16.2. The minimum absolute atomic E-state index is 0.00529. The zero-order valence-corrected chi connectivity index (χ0v) is 16.7. The van der Waals surface area contributed by atoms with Crippen LogP contribution in [-0.2, 0) is 24.3 Å². The van der Waals surface area contributed by atoms with Crippen LogP contribution < -0.4 is 5.32 Å². The Morgan fingerprint density at radius 1 is 1.03 bits per heavy atom. The molecule has 29 heavy (non-hydrogen) atoms. The number of imidazole rings is 1. The number of hydrogen-bond donors (Lipinski definition) is 1. The zero-order valence-electron chi connectivity index (χ0n) is 16.7. The maximum atomic E-state index is 12.7. The molecule has 0 saturated carbocycles. The first-order valence-electron chi connectivity index (χ1n) is 9.76. The van der Waals surface area contributed by atoms with E-state index in [0.29, 0.717) is 13.0 Å². The van der Waals surface area contributed by atoms with E-state index in [-0.39, 0.29) is 5.91 Å². The van der Waals surface area contributed by atoms with E-state index in [4.69, 9.17) is 0 Å². The van der Waals surface area contributed by atoms with Crippen molar-refractivity contribution >= 4 is 16.8 Å². The van der Waals surface area contributed by atoms with Gasteiger partial charge >= 0.3 is 0 Å². The van der Waals surface area contributed by atoms with Gasteiger partial charge in [0.2, 0.25) is 5.91 Å². The lowest BCUT2D eigenvalue weighted by molar-refractivity contribution is -0.120. The molecular weight excluding hydrogens is 360 g/mol. The quantitative estimate of drug-likeness (QED) is 0.547. The molecule has 0 aliphatic rings. The Bertz CT molecular complexity index is 1150. The first-order chi connectivity index (χ1) is 14.1. The van der Waals surface area contributed by atoms with Crippen molar-refractivity contribution in [3.8, 4) is 0 Å². The number of aromatic nitrogens is 3. The normalized spacial score (nSPS) is 11.0. The number of nitrogens with zero attached hydrogens (tertiary/aromatic N) is 3. The van der Waals surface area contributed by atoms with Gasteiger partial charge in [0, 0.05) is 36.6 Å². The number of pyridine rings is 1. The van der Waals surface area contributed by atoms with E-state index in [0.717, 1.165) is 39.8 Å². The largest absolute Gasteiger partial charge is 0.352 e. The Labute approximate surface area is 170 Å². The summed E-state index contributed by atoms with van der Waals surface area (Å²) in [5.74, 6) is 0.00529. The fourth-order valence-corrected chi connectivity index (χ4v) is 3.71. The molecule has 0 aliphatic carbocycles. The van der Waals surface area contributed by atoms with Gasteiger partial charge in [-0.2, -0.15) is 0 Å². The number of rotatable bonds is 6. The Hall–Kier alpha value is -3.47. The summed E-state index contributed by atoms with van der Waals surface area (Å²) in [5, 5.41) is 4.18. The molecule has 1 N–H and O–H groups in total. The van der Waals surface area contributed by atoms with Gasteiger partial charge in [0.05, 0.1) is 18.3 Å². The zero-order chi connectivity index (χ0) is 20.2. The van der Waals surface area contributed by atoms with Crippen LogP contribution in [0.2, 0.25) is 0 Å². The van der Waals surface area contributed by atoms with Gasteiger partial charge in [-0.05, 0) is 42.2 Å². The van der Waals surface area contributed by atoms with Crippen molar-refractivity contribution in [3.63, 3.8) is 0 Å². The number of para-hydroxylation sites is 1. The minimum Gasteiger partial charge on any atom is -0.352 e. The lowest BCUT2D eigenvalue weighted by Crippen LogP contribution is -2.26. The predicted molar refractivity (Wildman–Crippen MR) is 115 cm³/mol. The van der Waals surface area contributed by atoms with Gasteiger partial charge in [0.25, 0.3) is 0 Å². The molecule has 0 aliphatic heterocycles. The van der Waals surface area contributed by atoms with Crippen LogP contribution in [0.5, 0.6) is 0 Å². The standard InChI is InChI=1S/C24H24N4O/c1-17-21-9-5-6-10-23(21)27-18(2)22(17)13-24(29)26-14-19-7-3-4-8-20(19)15-28-12-11-25-16-28/h3-12,16H,13-15H2,1-2H3,(H,26,29). The monoisotopic (exact) mass is 384 g/mol. The summed E-state index contributed by atoms with van der Waals surface area (Å²) in [7, 11) is 0. The molecule has 0 radical (unpaired) electrons. The van der Waals surface area contributed by atoms with Crippen molar-refractivity contribution < 1.29 is 4.79 Å². The van der Waals surface area contributed by atoms with Crippen LogP contribution in [0.4, 0.5) is 0 Å². The van der Waals surface area contributed by atoms with Gasteiger partial charge in [-0.1, -0.05) is 42.5 Å². The first kappa shape index (κ1) is 18.9. The smallest absolute Gasteiger partial charge is 0.224 e. The van der Waals surface area contributed by atoms with E-state index >= 15 is 0 Å². The van der Waals surface area contributed by atoms with Crippen molar-refractivity contribution in [2.45, 2.75) is 33.4 Å². The van der Waals surface area contributed by atoms with Crippen LogP contribution in [0.3, 0.4) is 0 Å². The summed E-state index contributed by atoms with van der Waals surface area (Å²) in [4.78, 5) is 21.5. The fraction of sp³-hybridized carbons (Fsp3) is 0.208. The topological polar surface area (TPSA) is 59.8 Å². The number of carbonyl (C=O) groups excluding carboxylic acids is 1. The maximum Gasteiger partial charge on any atom is 0.224 e. The van der Waals surface area contributed by atoms with E-state index in [1.807, 2.05) is 48.0 Å². The summed E-state index contributed by atoms with van der Waals surface area (Å²) >= 11 is 0. The first-order valence-corrected chi connectivity index (χ1v) is 9.76. The van der Waals surface area contributed by atoms with E-state index in [1.165, 1.54) is 5.56 Å². The van der Waals surface area contributed by atoms with Crippen LogP contribution in [-0.4, -0.2) is 20.4 Å². The average molecular weight is 384 g/mol. The van der Waals surface area contributed by atoms with E-state index in [2.05, 4.69) is 40.4 Å². The Balaban J connectivity index is 1.47. The molecule has 0 atom stereocenters. The second-order valence-electron chi connectivity index (χ2n) is 7.28. The van der Waals surface area contributed by atoms with Gasteiger partial charge in [-0.3, -0.25) is 9.78 Å². The molecule has 2 heterocycles. The van der Waals surface area contributed by atoms with E-state index in [1.54, 1.807) is 12.5 Å². The Morgan fingerprint density at radius 3 is 2.59 bits per heavy atom. The molecule has 1 amide bonds. The molecular formula is C24H24N4O. The number of carbonyl (C=O) groups is 1. The van der Waals surface area contributed by atoms with Crippen LogP contribution in [0, 0.1) is 13.8 Å².